The molecule has 14 heteroatoms. The van der Waals surface area contributed by atoms with E-state index in [-0.39, 0.29) is 45.0 Å². The van der Waals surface area contributed by atoms with E-state index < -0.39 is 65.5 Å². The molecule has 2 aliphatic heterocycles. The Balaban J connectivity index is 1.27. The summed E-state index contributed by atoms with van der Waals surface area (Å²) in [6.07, 6.45) is 2.16. The Morgan fingerprint density at radius 1 is 1.16 bits per heavy atom. The third-order valence-corrected chi connectivity index (χ3v) is 8.88. The highest BCUT2D eigenvalue weighted by Crippen LogP contribution is 2.45. The Morgan fingerprint density at radius 3 is 2.55 bits per heavy atom. The minimum atomic E-state index is -1.54. The number of nitrogens with one attached hydrogen (secondary N) is 2. The van der Waals surface area contributed by atoms with Gasteiger partial charge in [0.05, 0.1) is 13.1 Å². The molecule has 0 aromatic heterocycles. The van der Waals surface area contributed by atoms with E-state index in [1.54, 1.807) is 19.1 Å². The maximum Gasteiger partial charge on any atom is 0.528 e. The van der Waals surface area contributed by atoms with E-state index in [0.717, 1.165) is 25.7 Å². The Morgan fingerprint density at radius 2 is 1.91 bits per heavy atom. The van der Waals surface area contributed by atoms with Gasteiger partial charge in [-0.2, -0.15) is 0 Å². The second kappa shape index (κ2) is 12.8. The van der Waals surface area contributed by atoms with Crippen molar-refractivity contribution in [3.63, 3.8) is 0 Å². The van der Waals surface area contributed by atoms with Crippen LogP contribution in [0.3, 0.4) is 0 Å². The Labute approximate surface area is 253 Å². The van der Waals surface area contributed by atoms with Crippen LogP contribution in [-0.4, -0.2) is 81.3 Å². The molecule has 238 valence electrons. The van der Waals surface area contributed by atoms with Crippen LogP contribution in [-0.2, 0) is 41.8 Å². The molecule has 2 heterocycles. The number of likely N-dealkylation sites (tertiary alicyclic amines) is 1. The molecule has 5 rings (SSSR count). The monoisotopic (exact) mass is 616 g/mol. The van der Waals surface area contributed by atoms with Crippen LogP contribution in [0, 0.1) is 11.7 Å². The number of aliphatic carboxylic acids is 1. The van der Waals surface area contributed by atoms with Crippen LogP contribution in [0.15, 0.2) is 30.9 Å². The van der Waals surface area contributed by atoms with Crippen molar-refractivity contribution in [2.24, 2.45) is 5.92 Å². The number of halogens is 1. The molecule has 3 N–H and O–H groups in total. The van der Waals surface area contributed by atoms with Crippen LogP contribution < -0.4 is 10.8 Å². The lowest BCUT2D eigenvalue weighted by molar-refractivity contribution is -0.146. The minimum Gasteiger partial charge on any atom is -0.479 e. The van der Waals surface area contributed by atoms with Crippen LogP contribution in [0.5, 0.6) is 0 Å². The number of fused-ring (bicyclic) bond motifs is 1. The first-order chi connectivity index (χ1) is 21.1. The number of hydrogen-bond acceptors (Lipinski definition) is 9. The number of carbonyl (C=O) groups excluding carboxylic acids is 4. The molecule has 13 nitrogen and oxygen atoms in total. The van der Waals surface area contributed by atoms with Crippen molar-refractivity contribution in [1.82, 2.24) is 20.6 Å². The van der Waals surface area contributed by atoms with Gasteiger partial charge in [0.25, 0.3) is 0 Å². The van der Waals surface area contributed by atoms with Crippen LogP contribution in [0.25, 0.3) is 0 Å². The van der Waals surface area contributed by atoms with Crippen LogP contribution in [0.2, 0.25) is 0 Å². The molecule has 2 unspecified atom stereocenters. The molecule has 0 radical (unpaired) electrons. The fourth-order valence-electron chi connectivity index (χ4n) is 6.21. The quantitative estimate of drug-likeness (QED) is 0.202. The SMILES string of the molecule is C=C[C@@H]1CC1(NC(=O)[C@@H]1C[C@@H](OC(=O)N2Cc3cccc(F)c3C2)CN1C(=O)C(CC)NOC(=O)OC1CCCC1)C(=O)O. The van der Waals surface area contributed by atoms with Crippen molar-refractivity contribution in [2.45, 2.75) is 94.8 Å². The predicted molar refractivity (Wildman–Crippen MR) is 150 cm³/mol. The normalized spacial score (nSPS) is 26.5. The molecule has 4 aliphatic rings. The molecule has 2 saturated carbocycles. The van der Waals surface area contributed by atoms with Gasteiger partial charge in [-0.1, -0.05) is 25.1 Å². The van der Waals surface area contributed by atoms with Crippen molar-refractivity contribution >= 4 is 30.0 Å². The van der Waals surface area contributed by atoms with Crippen molar-refractivity contribution in [3.05, 3.63) is 47.8 Å². The van der Waals surface area contributed by atoms with Gasteiger partial charge >= 0.3 is 18.2 Å². The fraction of sp³-hybridized carbons (Fsp3) is 0.567. The summed E-state index contributed by atoms with van der Waals surface area (Å²) < 4.78 is 25.2. The van der Waals surface area contributed by atoms with E-state index in [1.165, 1.54) is 21.9 Å². The van der Waals surface area contributed by atoms with Crippen LogP contribution in [0.4, 0.5) is 14.0 Å². The minimum absolute atomic E-state index is 0.0142. The summed E-state index contributed by atoms with van der Waals surface area (Å²) in [5, 5.41) is 12.4. The van der Waals surface area contributed by atoms with Gasteiger partial charge in [-0.15, -0.1) is 12.1 Å². The second-order valence-corrected chi connectivity index (χ2v) is 11.7. The second-order valence-electron chi connectivity index (χ2n) is 11.7. The molecule has 3 amide bonds. The van der Waals surface area contributed by atoms with E-state index in [2.05, 4.69) is 17.4 Å². The van der Waals surface area contributed by atoms with Gasteiger partial charge < -0.3 is 29.6 Å². The van der Waals surface area contributed by atoms with Gasteiger partial charge in [0.15, 0.2) is 0 Å². The van der Waals surface area contributed by atoms with E-state index in [0.29, 0.717) is 11.1 Å². The molecule has 1 aromatic rings. The number of benzene rings is 1. The number of ether oxygens (including phenoxy) is 2. The summed E-state index contributed by atoms with van der Waals surface area (Å²) >= 11 is 0. The van der Waals surface area contributed by atoms with Gasteiger partial charge in [-0.05, 0) is 50.2 Å². The lowest BCUT2D eigenvalue weighted by atomic mass is 10.1. The van der Waals surface area contributed by atoms with Crippen molar-refractivity contribution in [1.29, 1.82) is 0 Å². The van der Waals surface area contributed by atoms with Gasteiger partial charge in [0.2, 0.25) is 11.8 Å². The number of hydrogen-bond donors (Lipinski definition) is 3. The molecule has 0 bridgehead atoms. The van der Waals surface area contributed by atoms with Crippen molar-refractivity contribution in [3.8, 4) is 0 Å². The predicted octanol–water partition coefficient (Wildman–Crippen LogP) is 2.77. The number of carboxylic acids is 1. The molecular weight excluding hydrogens is 579 g/mol. The molecule has 1 aromatic carbocycles. The average molecular weight is 617 g/mol. The maximum absolute atomic E-state index is 14.2. The summed E-state index contributed by atoms with van der Waals surface area (Å²) in [6.45, 7) is 5.29. The number of carbonyl (C=O) groups is 5. The van der Waals surface area contributed by atoms with Gasteiger partial charge in [0.1, 0.15) is 35.6 Å². The lowest BCUT2D eigenvalue weighted by Crippen LogP contribution is -2.55. The summed E-state index contributed by atoms with van der Waals surface area (Å²) in [5.74, 6) is -3.47. The molecule has 1 saturated heterocycles. The smallest absolute Gasteiger partial charge is 0.479 e. The molecule has 5 atom stereocenters. The highest BCUT2D eigenvalue weighted by atomic mass is 19.1. The summed E-state index contributed by atoms with van der Waals surface area (Å²) in [5.41, 5.74) is 1.95. The average Bonchev–Trinajstić information content (AvgIpc) is 3.40. The van der Waals surface area contributed by atoms with Crippen molar-refractivity contribution < 1.29 is 47.8 Å². The molecule has 2 aliphatic carbocycles. The van der Waals surface area contributed by atoms with E-state index in [1.807, 2.05) is 0 Å². The zero-order valence-corrected chi connectivity index (χ0v) is 24.5. The Bertz CT molecular complexity index is 1340. The topological polar surface area (TPSA) is 164 Å². The van der Waals surface area contributed by atoms with E-state index in [9.17, 15) is 33.5 Å². The van der Waals surface area contributed by atoms with E-state index >= 15 is 0 Å². The van der Waals surface area contributed by atoms with Crippen LogP contribution >= 0.6 is 0 Å². The first-order valence-corrected chi connectivity index (χ1v) is 14.9. The molecule has 3 fully saturated rings. The van der Waals surface area contributed by atoms with Crippen molar-refractivity contribution in [2.75, 3.05) is 6.54 Å². The molecule has 0 spiro atoms. The summed E-state index contributed by atoms with van der Waals surface area (Å²) in [4.78, 5) is 72.0. The first kappa shape index (κ1) is 31.2. The highest BCUT2D eigenvalue weighted by Gasteiger charge is 2.61. The number of hydroxylamine groups is 1. The lowest BCUT2D eigenvalue weighted by Gasteiger charge is -2.28. The third kappa shape index (κ3) is 6.35. The summed E-state index contributed by atoms with van der Waals surface area (Å²) in [7, 11) is 0. The van der Waals surface area contributed by atoms with Gasteiger partial charge in [0, 0.05) is 24.4 Å². The van der Waals surface area contributed by atoms with Gasteiger partial charge in [-0.3, -0.25) is 14.5 Å². The summed E-state index contributed by atoms with van der Waals surface area (Å²) in [6, 6.07) is 2.34. The van der Waals surface area contributed by atoms with E-state index in [4.69, 9.17) is 14.3 Å². The van der Waals surface area contributed by atoms with Crippen LogP contribution in [0.1, 0.15) is 63.0 Å². The standard InChI is InChI=1S/C30H37FN4O9/c1-3-18-13-30(18,27(38)39)32-25(36)24-12-20(42-28(40)34-14-17-8-7-11-22(31)21(17)16-34)15-35(24)26(37)23(4-2)33-44-29(41)43-19-9-5-6-10-19/h3,7-8,11,18-20,23-24,33H,1,4-6,9-10,12-16H2,2H3,(H,32,36)(H,38,39)/t18-,20-,23?,24+,30?/m1/s1. The van der Waals surface area contributed by atoms with Gasteiger partial charge in [-0.25, -0.2) is 18.8 Å². The highest BCUT2D eigenvalue weighted by molar-refractivity contribution is 5.95. The Kier molecular flexibility index (Phi) is 9.09. The number of carboxylic acid groups (broad SMARTS) is 1. The third-order valence-electron chi connectivity index (χ3n) is 8.88. The largest absolute Gasteiger partial charge is 0.528 e. The zero-order valence-electron chi connectivity index (χ0n) is 24.5. The number of rotatable bonds is 10. The fourth-order valence-corrected chi connectivity index (χ4v) is 6.21. The number of nitrogens with zero attached hydrogens (tertiary/aromatic N) is 2. The molecular formula is C30H37FN4O9. The molecule has 44 heavy (non-hydrogen) atoms. The number of amides is 3. The Hall–Kier alpha value is -4.20. The first-order valence-electron chi connectivity index (χ1n) is 14.9. The maximum atomic E-state index is 14.2. The zero-order chi connectivity index (χ0) is 31.6.